The van der Waals surface area contributed by atoms with E-state index in [2.05, 4.69) is 19.2 Å². The van der Waals surface area contributed by atoms with E-state index in [1.165, 1.54) is 19.1 Å². The van der Waals surface area contributed by atoms with Crippen molar-refractivity contribution in [1.82, 2.24) is 5.32 Å². The summed E-state index contributed by atoms with van der Waals surface area (Å²) in [7, 11) is -3.09. The number of hydrogen-bond donors (Lipinski definition) is 1. The Bertz CT molecular complexity index is 463. The lowest BCUT2D eigenvalue weighted by Gasteiger charge is -2.16. The zero-order valence-electron chi connectivity index (χ0n) is 11.8. The van der Waals surface area contributed by atoms with E-state index in [0.717, 1.165) is 17.2 Å². The van der Waals surface area contributed by atoms with Crippen LogP contribution in [0.4, 0.5) is 0 Å². The van der Waals surface area contributed by atoms with Crippen molar-refractivity contribution in [3.63, 3.8) is 0 Å². The summed E-state index contributed by atoms with van der Waals surface area (Å²) in [5.41, 5.74) is 0. The Morgan fingerprint density at radius 3 is 2.32 bits per heavy atom. The maximum atomic E-state index is 11.4. The molecule has 1 atom stereocenters. The van der Waals surface area contributed by atoms with E-state index >= 15 is 0 Å². The van der Waals surface area contributed by atoms with Gasteiger partial charge in [-0.05, 0) is 37.2 Å². The Labute approximate surface area is 121 Å². The van der Waals surface area contributed by atoms with Crippen LogP contribution in [-0.4, -0.2) is 33.0 Å². The number of sulfone groups is 1. The molecule has 0 aliphatic rings. The topological polar surface area (TPSA) is 46.2 Å². The minimum atomic E-state index is -3.09. The summed E-state index contributed by atoms with van der Waals surface area (Å²) in [6, 6.07) is 7.65. The Balaban J connectivity index is 2.58. The Hall–Kier alpha value is -0.520. The number of nitrogens with one attached hydrogen (secondary N) is 1. The molecule has 1 unspecified atom stereocenters. The molecule has 1 aromatic carbocycles. The molecular formula is C14H23NO2S2. The Kier molecular flexibility index (Phi) is 6.89. The summed E-state index contributed by atoms with van der Waals surface area (Å²) in [4.78, 5) is 1.50. The van der Waals surface area contributed by atoms with Gasteiger partial charge in [0.05, 0.1) is 4.90 Å². The minimum Gasteiger partial charge on any atom is -0.313 e. The quantitative estimate of drug-likeness (QED) is 0.750. The van der Waals surface area contributed by atoms with Crippen molar-refractivity contribution in [2.24, 2.45) is 0 Å². The molecule has 19 heavy (non-hydrogen) atoms. The summed E-state index contributed by atoms with van der Waals surface area (Å²) in [5.74, 6) is 1.01. The van der Waals surface area contributed by atoms with E-state index in [1.54, 1.807) is 23.9 Å². The van der Waals surface area contributed by atoms with E-state index in [1.807, 2.05) is 12.1 Å². The fourth-order valence-corrected chi connectivity index (χ4v) is 3.50. The fourth-order valence-electron chi connectivity index (χ4n) is 1.86. The number of thioether (sulfide) groups is 1. The van der Waals surface area contributed by atoms with Gasteiger partial charge < -0.3 is 5.32 Å². The van der Waals surface area contributed by atoms with Crippen molar-refractivity contribution in [3.05, 3.63) is 24.3 Å². The molecule has 0 aliphatic heterocycles. The van der Waals surface area contributed by atoms with E-state index in [-0.39, 0.29) is 0 Å². The van der Waals surface area contributed by atoms with Crippen molar-refractivity contribution in [3.8, 4) is 0 Å². The molecule has 3 nitrogen and oxygen atoms in total. The van der Waals surface area contributed by atoms with Crippen LogP contribution in [0.2, 0.25) is 0 Å². The van der Waals surface area contributed by atoms with Gasteiger partial charge in [-0.3, -0.25) is 0 Å². The zero-order valence-corrected chi connectivity index (χ0v) is 13.5. The SMILES string of the molecule is CCCC(CSc1ccc(S(C)(=O)=O)cc1)NCC. The molecule has 0 amide bonds. The molecule has 0 bridgehead atoms. The molecule has 1 rings (SSSR count). The summed E-state index contributed by atoms with van der Waals surface area (Å²) >= 11 is 1.77. The van der Waals surface area contributed by atoms with Crippen LogP contribution < -0.4 is 5.32 Å². The molecule has 0 saturated heterocycles. The molecule has 1 aromatic rings. The van der Waals surface area contributed by atoms with Crippen molar-refractivity contribution >= 4 is 21.6 Å². The number of benzene rings is 1. The minimum absolute atomic E-state index is 0.383. The van der Waals surface area contributed by atoms with Crippen LogP contribution in [0.25, 0.3) is 0 Å². The normalized spacial score (nSPS) is 13.4. The average molecular weight is 301 g/mol. The van der Waals surface area contributed by atoms with Gasteiger partial charge in [-0.1, -0.05) is 20.3 Å². The van der Waals surface area contributed by atoms with E-state index in [0.29, 0.717) is 10.9 Å². The smallest absolute Gasteiger partial charge is 0.175 e. The molecule has 0 heterocycles. The van der Waals surface area contributed by atoms with Crippen LogP contribution in [0.15, 0.2) is 34.1 Å². The van der Waals surface area contributed by atoms with Crippen LogP contribution in [-0.2, 0) is 9.84 Å². The highest BCUT2D eigenvalue weighted by molar-refractivity contribution is 7.99. The third kappa shape index (κ3) is 5.97. The number of rotatable bonds is 8. The molecule has 0 spiro atoms. The molecule has 1 N–H and O–H groups in total. The predicted octanol–water partition coefficient (Wildman–Crippen LogP) is 2.96. The molecule has 0 fully saturated rings. The van der Waals surface area contributed by atoms with Crippen LogP contribution in [0.5, 0.6) is 0 Å². The monoisotopic (exact) mass is 301 g/mol. The Morgan fingerprint density at radius 2 is 1.84 bits per heavy atom. The highest BCUT2D eigenvalue weighted by Gasteiger charge is 2.09. The highest BCUT2D eigenvalue weighted by Crippen LogP contribution is 2.21. The number of hydrogen-bond acceptors (Lipinski definition) is 4. The first-order valence-electron chi connectivity index (χ1n) is 6.63. The van der Waals surface area contributed by atoms with Crippen molar-refractivity contribution in [1.29, 1.82) is 0 Å². The van der Waals surface area contributed by atoms with Gasteiger partial charge >= 0.3 is 0 Å². The summed E-state index contributed by atoms with van der Waals surface area (Å²) in [5, 5.41) is 3.47. The van der Waals surface area contributed by atoms with Gasteiger partial charge in [0.1, 0.15) is 0 Å². The lowest BCUT2D eigenvalue weighted by Crippen LogP contribution is -2.30. The second-order valence-electron chi connectivity index (χ2n) is 4.60. The average Bonchev–Trinajstić information content (AvgIpc) is 2.36. The lowest BCUT2D eigenvalue weighted by molar-refractivity contribution is 0.531. The maximum Gasteiger partial charge on any atom is 0.175 e. The van der Waals surface area contributed by atoms with Crippen molar-refractivity contribution in [2.45, 2.75) is 42.5 Å². The second kappa shape index (κ2) is 7.92. The van der Waals surface area contributed by atoms with E-state index in [4.69, 9.17) is 0 Å². The Morgan fingerprint density at radius 1 is 1.21 bits per heavy atom. The predicted molar refractivity (Wildman–Crippen MR) is 82.6 cm³/mol. The molecule has 0 aromatic heterocycles. The highest BCUT2D eigenvalue weighted by atomic mass is 32.2. The third-order valence-electron chi connectivity index (χ3n) is 2.83. The van der Waals surface area contributed by atoms with Crippen molar-refractivity contribution < 1.29 is 8.42 Å². The largest absolute Gasteiger partial charge is 0.313 e. The van der Waals surface area contributed by atoms with Crippen LogP contribution >= 0.6 is 11.8 Å². The molecule has 0 aliphatic carbocycles. The standard InChI is InChI=1S/C14H23NO2S2/c1-4-6-12(15-5-2)11-18-13-7-9-14(10-8-13)19(3,16)17/h7-10,12,15H,4-6,11H2,1-3H3. The molecule has 0 radical (unpaired) electrons. The van der Waals surface area contributed by atoms with E-state index in [9.17, 15) is 8.42 Å². The maximum absolute atomic E-state index is 11.4. The lowest BCUT2D eigenvalue weighted by atomic mass is 10.2. The molecule has 108 valence electrons. The molecule has 5 heteroatoms. The molecule has 0 saturated carbocycles. The fraction of sp³-hybridized carbons (Fsp3) is 0.571. The van der Waals surface area contributed by atoms with Crippen LogP contribution in [0.1, 0.15) is 26.7 Å². The van der Waals surface area contributed by atoms with Crippen LogP contribution in [0.3, 0.4) is 0 Å². The summed E-state index contributed by atoms with van der Waals surface area (Å²) in [6.07, 6.45) is 3.57. The van der Waals surface area contributed by atoms with Crippen LogP contribution in [0, 0.1) is 0 Å². The van der Waals surface area contributed by atoms with Gasteiger partial charge in [-0.25, -0.2) is 8.42 Å². The van der Waals surface area contributed by atoms with Crippen molar-refractivity contribution in [2.75, 3.05) is 18.6 Å². The first-order valence-corrected chi connectivity index (χ1v) is 9.51. The van der Waals surface area contributed by atoms with Gasteiger partial charge in [-0.2, -0.15) is 0 Å². The van der Waals surface area contributed by atoms with Gasteiger partial charge in [0.15, 0.2) is 9.84 Å². The first-order chi connectivity index (χ1) is 8.97. The van der Waals surface area contributed by atoms with Gasteiger partial charge in [-0.15, -0.1) is 11.8 Å². The summed E-state index contributed by atoms with van der Waals surface area (Å²) in [6.45, 7) is 5.29. The first kappa shape index (κ1) is 16.5. The summed E-state index contributed by atoms with van der Waals surface area (Å²) < 4.78 is 22.7. The zero-order chi connectivity index (χ0) is 14.3. The van der Waals surface area contributed by atoms with Gasteiger partial charge in [0, 0.05) is 22.9 Å². The van der Waals surface area contributed by atoms with E-state index < -0.39 is 9.84 Å². The third-order valence-corrected chi connectivity index (χ3v) is 5.14. The van der Waals surface area contributed by atoms with Gasteiger partial charge in [0.25, 0.3) is 0 Å². The second-order valence-corrected chi connectivity index (χ2v) is 7.71. The molecular weight excluding hydrogens is 278 g/mol. The van der Waals surface area contributed by atoms with Gasteiger partial charge in [0.2, 0.25) is 0 Å².